The number of alkyl halides is 3. The molecule has 2 aromatic heterocycles. The predicted octanol–water partition coefficient (Wildman–Crippen LogP) is 5.39. The number of rotatable bonds is 4. The van der Waals surface area contributed by atoms with E-state index in [9.17, 15) is 26.7 Å². The molecule has 1 aliphatic heterocycles. The number of nitrogens with zero attached hydrogens (tertiary/aromatic N) is 2. The Morgan fingerprint density at radius 1 is 1.11 bits per heavy atom. The van der Waals surface area contributed by atoms with Crippen LogP contribution in [0.2, 0.25) is 5.02 Å². The van der Waals surface area contributed by atoms with Crippen molar-refractivity contribution in [3.8, 4) is 0 Å². The number of halogens is 6. The van der Waals surface area contributed by atoms with Crippen LogP contribution in [-0.4, -0.2) is 56.7 Å². The van der Waals surface area contributed by atoms with Crippen LogP contribution in [0.1, 0.15) is 30.1 Å². The molecule has 1 aliphatic rings. The van der Waals surface area contributed by atoms with Crippen LogP contribution in [-0.2, 0) is 11.2 Å². The molecule has 38 heavy (non-hydrogen) atoms. The van der Waals surface area contributed by atoms with Crippen molar-refractivity contribution >= 4 is 39.4 Å². The number of carbonyl (C=O) groups is 1. The first kappa shape index (κ1) is 27.5. The van der Waals surface area contributed by atoms with Gasteiger partial charge >= 0.3 is 12.1 Å². The summed E-state index contributed by atoms with van der Waals surface area (Å²) >= 11 is 6.06. The quantitative estimate of drug-likeness (QED) is 0.293. The summed E-state index contributed by atoms with van der Waals surface area (Å²) in [5.74, 6) is -4.15. The molecule has 3 N–H and O–H groups in total. The molecule has 0 unspecified atom stereocenters. The van der Waals surface area contributed by atoms with Crippen molar-refractivity contribution in [3.63, 3.8) is 0 Å². The minimum Gasteiger partial charge on any atom is -0.475 e. The fourth-order valence-corrected chi connectivity index (χ4v) is 4.59. The third kappa shape index (κ3) is 6.30. The number of H-pyrrole nitrogens is 2. The number of hydrogen-bond donors (Lipinski definition) is 3. The van der Waals surface area contributed by atoms with E-state index in [1.165, 1.54) is 10.9 Å². The smallest absolute Gasteiger partial charge is 0.475 e. The summed E-state index contributed by atoms with van der Waals surface area (Å²) < 4.78 is 58.8. The van der Waals surface area contributed by atoms with E-state index in [1.54, 1.807) is 0 Å². The molecular formula is C25H22ClF5N4O3. The van der Waals surface area contributed by atoms with E-state index >= 15 is 0 Å². The molecule has 3 heterocycles. The van der Waals surface area contributed by atoms with Gasteiger partial charge in [-0.2, -0.15) is 13.2 Å². The maximum Gasteiger partial charge on any atom is 0.490 e. The molecule has 4 aromatic rings. The Kier molecular flexibility index (Phi) is 8.02. The molecule has 0 saturated carbocycles. The van der Waals surface area contributed by atoms with Gasteiger partial charge in [-0.05, 0) is 56.1 Å². The highest BCUT2D eigenvalue weighted by atomic mass is 35.5. The average molecular weight is 557 g/mol. The van der Waals surface area contributed by atoms with Gasteiger partial charge in [-0.3, -0.25) is 4.79 Å². The molecule has 0 atom stereocenters. The first-order valence-electron chi connectivity index (χ1n) is 11.6. The Labute approximate surface area is 217 Å². The highest BCUT2D eigenvalue weighted by Gasteiger charge is 2.38. The molecule has 7 nitrogen and oxygen atoms in total. The Morgan fingerprint density at radius 3 is 2.42 bits per heavy atom. The number of piperidine rings is 1. The Balaban J connectivity index is 0.000000426. The Morgan fingerprint density at radius 2 is 1.76 bits per heavy atom. The first-order chi connectivity index (χ1) is 17.9. The van der Waals surface area contributed by atoms with E-state index in [1.807, 2.05) is 24.4 Å². The molecule has 1 fully saturated rings. The van der Waals surface area contributed by atoms with Crippen LogP contribution in [0.5, 0.6) is 0 Å². The second-order valence-electron chi connectivity index (χ2n) is 8.91. The number of fused-ring (bicyclic) bond motifs is 2. The highest BCUT2D eigenvalue weighted by Crippen LogP contribution is 2.27. The van der Waals surface area contributed by atoms with Crippen molar-refractivity contribution in [3.05, 3.63) is 74.9 Å². The topological polar surface area (TPSA) is 102 Å². The van der Waals surface area contributed by atoms with E-state index in [0.29, 0.717) is 5.82 Å². The third-order valence-electron chi connectivity index (χ3n) is 6.41. The van der Waals surface area contributed by atoms with E-state index in [2.05, 4.69) is 19.9 Å². The zero-order chi connectivity index (χ0) is 27.6. The molecule has 0 spiro atoms. The molecule has 0 aliphatic carbocycles. The van der Waals surface area contributed by atoms with E-state index in [4.69, 9.17) is 21.5 Å². The fraction of sp³-hybridized carbons (Fsp3) is 0.320. The molecule has 0 amide bonds. The number of likely N-dealkylation sites (tertiary alicyclic amines) is 1. The predicted molar refractivity (Wildman–Crippen MR) is 131 cm³/mol. The van der Waals surface area contributed by atoms with E-state index in [-0.39, 0.29) is 16.8 Å². The highest BCUT2D eigenvalue weighted by molar-refractivity contribution is 6.31. The Bertz CT molecular complexity index is 1530. The van der Waals surface area contributed by atoms with Gasteiger partial charge in [0.1, 0.15) is 5.82 Å². The van der Waals surface area contributed by atoms with Crippen molar-refractivity contribution in [2.45, 2.75) is 31.4 Å². The van der Waals surface area contributed by atoms with Gasteiger partial charge in [-0.1, -0.05) is 17.7 Å². The molecule has 0 radical (unpaired) electrons. The zero-order valence-corrected chi connectivity index (χ0v) is 20.5. The molecule has 202 valence electrons. The number of aliphatic carboxylic acids is 1. The normalized spacial score (nSPS) is 15.0. The van der Waals surface area contributed by atoms with Crippen molar-refractivity contribution in [2.75, 3.05) is 19.6 Å². The monoisotopic (exact) mass is 556 g/mol. The van der Waals surface area contributed by atoms with Crippen LogP contribution in [0.4, 0.5) is 22.0 Å². The largest absolute Gasteiger partial charge is 0.490 e. The Hall–Kier alpha value is -3.51. The second kappa shape index (κ2) is 11.1. The lowest BCUT2D eigenvalue weighted by Gasteiger charge is -2.31. The standard InChI is InChI=1S/C23H21ClF2N4O.C2HF3O2/c24-15-1-2-16-14(12-27-20(16)9-15)5-8-30-6-3-13(4-7-30)22-28-21-11-19(26)18(25)10-17(21)23(31)29-22;3-2(4,5)1(6)7/h1-2,9-13,27H,3-8H2,(H,28,29,31);(H,6,7). The van der Waals surface area contributed by atoms with Crippen molar-refractivity contribution in [1.82, 2.24) is 19.9 Å². The van der Waals surface area contributed by atoms with E-state index in [0.717, 1.165) is 61.6 Å². The number of benzene rings is 2. The van der Waals surface area contributed by atoms with Gasteiger partial charge in [0.15, 0.2) is 11.6 Å². The molecule has 13 heteroatoms. The van der Waals surface area contributed by atoms with Crippen molar-refractivity contribution in [2.24, 2.45) is 0 Å². The van der Waals surface area contributed by atoms with Gasteiger partial charge in [0.25, 0.3) is 5.56 Å². The number of hydrogen-bond acceptors (Lipinski definition) is 4. The minimum absolute atomic E-state index is 0.0695. The van der Waals surface area contributed by atoms with Gasteiger partial charge in [-0.15, -0.1) is 0 Å². The zero-order valence-electron chi connectivity index (χ0n) is 19.7. The maximum absolute atomic E-state index is 13.6. The summed E-state index contributed by atoms with van der Waals surface area (Å²) in [6.45, 7) is 2.71. The van der Waals surface area contributed by atoms with E-state index < -0.39 is 29.3 Å². The number of carboxylic acids is 1. The second-order valence-corrected chi connectivity index (χ2v) is 9.34. The van der Waals surface area contributed by atoms with Crippen LogP contribution in [0.3, 0.4) is 0 Å². The summed E-state index contributed by atoms with van der Waals surface area (Å²) in [6.07, 6.45) is -0.412. The lowest BCUT2D eigenvalue weighted by Crippen LogP contribution is -2.35. The summed E-state index contributed by atoms with van der Waals surface area (Å²) in [5.41, 5.74) is 2.08. The van der Waals surface area contributed by atoms with Gasteiger partial charge in [0.05, 0.1) is 10.9 Å². The molecule has 0 bridgehead atoms. The lowest BCUT2D eigenvalue weighted by atomic mass is 9.95. The molecular weight excluding hydrogens is 535 g/mol. The van der Waals surface area contributed by atoms with Crippen molar-refractivity contribution < 1.29 is 31.9 Å². The molecule has 5 rings (SSSR count). The maximum atomic E-state index is 13.6. The van der Waals surface area contributed by atoms with Crippen LogP contribution in [0.25, 0.3) is 21.8 Å². The molecule has 2 aromatic carbocycles. The average Bonchev–Trinajstić information content (AvgIpc) is 3.26. The van der Waals surface area contributed by atoms with Crippen LogP contribution in [0, 0.1) is 11.6 Å². The number of aromatic nitrogens is 3. The summed E-state index contributed by atoms with van der Waals surface area (Å²) in [4.78, 5) is 34.1. The fourth-order valence-electron chi connectivity index (χ4n) is 4.42. The van der Waals surface area contributed by atoms with Gasteiger partial charge in [0, 0.05) is 40.7 Å². The summed E-state index contributed by atoms with van der Waals surface area (Å²) in [7, 11) is 0. The number of carboxylic acid groups (broad SMARTS) is 1. The van der Waals surface area contributed by atoms with Crippen LogP contribution >= 0.6 is 11.6 Å². The van der Waals surface area contributed by atoms with Gasteiger partial charge < -0.3 is 20.0 Å². The number of aromatic amines is 2. The first-order valence-corrected chi connectivity index (χ1v) is 12.0. The number of nitrogens with one attached hydrogen (secondary N) is 2. The third-order valence-corrected chi connectivity index (χ3v) is 6.64. The molecule has 1 saturated heterocycles. The van der Waals surface area contributed by atoms with Crippen LogP contribution in [0.15, 0.2) is 41.3 Å². The minimum atomic E-state index is -5.08. The van der Waals surface area contributed by atoms with Gasteiger partial charge in [-0.25, -0.2) is 18.6 Å². The SMILES string of the molecule is O=C(O)C(F)(F)F.O=c1[nH]c(C2CCN(CCc3c[nH]c4cc(Cl)ccc34)CC2)nc2cc(F)c(F)cc12. The van der Waals surface area contributed by atoms with Crippen LogP contribution < -0.4 is 5.56 Å². The summed E-state index contributed by atoms with van der Waals surface area (Å²) in [6, 6.07) is 7.79. The lowest BCUT2D eigenvalue weighted by molar-refractivity contribution is -0.192. The summed E-state index contributed by atoms with van der Waals surface area (Å²) in [5, 5.41) is 9.11. The van der Waals surface area contributed by atoms with Crippen molar-refractivity contribution in [1.29, 1.82) is 0 Å². The van der Waals surface area contributed by atoms with Gasteiger partial charge in [0.2, 0.25) is 0 Å².